The van der Waals surface area contributed by atoms with Crippen molar-refractivity contribution in [2.45, 2.75) is 26.4 Å². The lowest BCUT2D eigenvalue weighted by molar-refractivity contribution is -0.137. The molecule has 8 heteroatoms. The summed E-state index contributed by atoms with van der Waals surface area (Å²) in [7, 11) is 3.60. The number of carbonyl (C=O) groups excluding carboxylic acids is 1. The Hall–Kier alpha value is -2.45. The van der Waals surface area contributed by atoms with Gasteiger partial charge in [0.05, 0.1) is 12.1 Å². The van der Waals surface area contributed by atoms with Gasteiger partial charge in [-0.05, 0) is 45.2 Å². The van der Waals surface area contributed by atoms with Gasteiger partial charge in [0.15, 0.2) is 0 Å². The maximum atomic E-state index is 13.4. The average Bonchev–Trinajstić information content (AvgIpc) is 3.10. The van der Waals surface area contributed by atoms with Gasteiger partial charge in [0.2, 0.25) is 11.8 Å². The van der Waals surface area contributed by atoms with Gasteiger partial charge in [-0.1, -0.05) is 5.16 Å². The number of aromatic nitrogens is 1. The molecule has 1 aliphatic heterocycles. The first kappa shape index (κ1) is 21.3. The van der Waals surface area contributed by atoms with Crippen LogP contribution in [-0.2, 0) is 16.1 Å². The molecule has 1 saturated heterocycles. The zero-order valence-electron chi connectivity index (χ0n) is 17.5. The molecule has 1 aliphatic rings. The number of nitrogens with zero attached hydrogens (tertiary/aromatic N) is 4. The summed E-state index contributed by atoms with van der Waals surface area (Å²) in [6.07, 6.45) is 0. The lowest BCUT2D eigenvalue weighted by Crippen LogP contribution is -2.45. The molecule has 0 N–H and O–H groups in total. The first-order chi connectivity index (χ1) is 13.9. The molecule has 2 aromatic rings. The van der Waals surface area contributed by atoms with Crippen molar-refractivity contribution < 1.29 is 18.4 Å². The highest BCUT2D eigenvalue weighted by Crippen LogP contribution is 2.33. The van der Waals surface area contributed by atoms with Crippen molar-refractivity contribution in [1.29, 1.82) is 0 Å². The first-order valence-corrected chi connectivity index (χ1v) is 9.87. The summed E-state index contributed by atoms with van der Waals surface area (Å²) in [4.78, 5) is 18.8. The Bertz CT molecular complexity index is 814. The average molecular weight is 404 g/mol. The number of methoxy groups -OCH3 is 1. The number of piperazine rings is 1. The van der Waals surface area contributed by atoms with E-state index < -0.39 is 0 Å². The van der Waals surface area contributed by atoms with E-state index in [0.717, 1.165) is 37.3 Å². The Balaban J connectivity index is 1.99. The summed E-state index contributed by atoms with van der Waals surface area (Å²) in [5.74, 6) is 0.267. The normalized spacial score (nSPS) is 15.2. The topological polar surface area (TPSA) is 62.1 Å². The third kappa shape index (κ3) is 4.94. The largest absolute Gasteiger partial charge is 0.375 e. The highest BCUT2D eigenvalue weighted by molar-refractivity contribution is 5.78. The SMILES string of the molecule is COCC(=O)N(Cc1c(-c2ccc(F)cc2)noc1N1CCN(C)CC1)C(C)C. The van der Waals surface area contributed by atoms with Crippen LogP contribution in [0.1, 0.15) is 19.4 Å². The van der Waals surface area contributed by atoms with E-state index >= 15 is 0 Å². The summed E-state index contributed by atoms with van der Waals surface area (Å²) in [5.41, 5.74) is 2.22. The Labute approximate surface area is 171 Å². The molecule has 1 aromatic heterocycles. The van der Waals surface area contributed by atoms with Crippen LogP contribution in [0.3, 0.4) is 0 Å². The van der Waals surface area contributed by atoms with Crippen molar-refractivity contribution in [1.82, 2.24) is 15.0 Å². The van der Waals surface area contributed by atoms with Crippen molar-refractivity contribution >= 4 is 11.8 Å². The van der Waals surface area contributed by atoms with Crippen LogP contribution in [0.4, 0.5) is 10.3 Å². The van der Waals surface area contributed by atoms with Gasteiger partial charge >= 0.3 is 0 Å². The summed E-state index contributed by atoms with van der Waals surface area (Å²) in [6.45, 7) is 7.76. The molecule has 7 nitrogen and oxygen atoms in total. The number of hydrogen-bond acceptors (Lipinski definition) is 6. The van der Waals surface area contributed by atoms with E-state index in [4.69, 9.17) is 9.26 Å². The van der Waals surface area contributed by atoms with E-state index in [9.17, 15) is 9.18 Å². The minimum Gasteiger partial charge on any atom is -0.375 e. The van der Waals surface area contributed by atoms with Crippen LogP contribution in [0.15, 0.2) is 28.8 Å². The van der Waals surface area contributed by atoms with Crippen LogP contribution < -0.4 is 4.90 Å². The maximum absolute atomic E-state index is 13.4. The molecule has 0 saturated carbocycles. The maximum Gasteiger partial charge on any atom is 0.249 e. The fraction of sp³-hybridized carbons (Fsp3) is 0.524. The molecular formula is C21H29FN4O3. The number of ether oxygens (including phenoxy) is 1. The van der Waals surface area contributed by atoms with E-state index in [-0.39, 0.29) is 24.4 Å². The van der Waals surface area contributed by atoms with E-state index in [1.165, 1.54) is 19.2 Å². The van der Waals surface area contributed by atoms with E-state index in [1.54, 1.807) is 17.0 Å². The predicted octanol–water partition coefficient (Wildman–Crippen LogP) is 2.62. The molecule has 1 fully saturated rings. The van der Waals surface area contributed by atoms with Crippen molar-refractivity contribution in [2.75, 3.05) is 51.8 Å². The van der Waals surface area contributed by atoms with Gasteiger partial charge < -0.3 is 24.0 Å². The molecular weight excluding hydrogens is 375 g/mol. The van der Waals surface area contributed by atoms with Crippen LogP contribution in [0, 0.1) is 5.82 Å². The van der Waals surface area contributed by atoms with Crippen LogP contribution in [0.25, 0.3) is 11.3 Å². The summed E-state index contributed by atoms with van der Waals surface area (Å²) < 4.78 is 24.2. The molecule has 1 amide bonds. The minimum absolute atomic E-state index is 0.0131. The fourth-order valence-electron chi connectivity index (χ4n) is 3.47. The molecule has 0 spiro atoms. The molecule has 0 aliphatic carbocycles. The van der Waals surface area contributed by atoms with Gasteiger partial charge in [0.25, 0.3) is 0 Å². The van der Waals surface area contributed by atoms with Gasteiger partial charge in [0, 0.05) is 44.9 Å². The molecule has 3 rings (SSSR count). The molecule has 0 bridgehead atoms. The number of likely N-dealkylation sites (N-methyl/N-ethyl adjacent to an activating group) is 1. The highest BCUT2D eigenvalue weighted by Gasteiger charge is 2.28. The second-order valence-electron chi connectivity index (χ2n) is 7.66. The van der Waals surface area contributed by atoms with E-state index in [0.29, 0.717) is 18.1 Å². The Morgan fingerprint density at radius 3 is 2.48 bits per heavy atom. The van der Waals surface area contributed by atoms with Gasteiger partial charge in [0.1, 0.15) is 18.1 Å². The van der Waals surface area contributed by atoms with Crippen LogP contribution in [0.2, 0.25) is 0 Å². The van der Waals surface area contributed by atoms with E-state index in [1.807, 2.05) is 13.8 Å². The standard InChI is InChI=1S/C21H29FN4O3/c1-15(2)26(19(27)14-28-4)13-18-20(16-5-7-17(22)8-6-16)23-29-21(18)25-11-9-24(3)10-12-25/h5-8,15H,9-14H2,1-4H3. The number of rotatable bonds is 7. The third-order valence-electron chi connectivity index (χ3n) is 5.22. The van der Waals surface area contributed by atoms with Gasteiger partial charge in [-0.15, -0.1) is 0 Å². The van der Waals surface area contributed by atoms with Gasteiger partial charge in [-0.25, -0.2) is 4.39 Å². The molecule has 0 atom stereocenters. The van der Waals surface area contributed by atoms with Crippen molar-refractivity contribution in [2.24, 2.45) is 0 Å². The van der Waals surface area contributed by atoms with Crippen LogP contribution in [0.5, 0.6) is 0 Å². The van der Waals surface area contributed by atoms with Crippen molar-refractivity contribution in [3.8, 4) is 11.3 Å². The van der Waals surface area contributed by atoms with Gasteiger partial charge in [-0.3, -0.25) is 4.79 Å². The molecule has 2 heterocycles. The Morgan fingerprint density at radius 1 is 1.24 bits per heavy atom. The summed E-state index contributed by atoms with van der Waals surface area (Å²) in [6, 6.07) is 6.15. The Kier molecular flexibility index (Phi) is 6.87. The van der Waals surface area contributed by atoms with E-state index in [2.05, 4.69) is 22.0 Å². The lowest BCUT2D eigenvalue weighted by Gasteiger charge is -2.33. The monoisotopic (exact) mass is 404 g/mol. The number of benzene rings is 1. The number of halogens is 1. The quantitative estimate of drug-likeness (QED) is 0.707. The molecule has 1 aromatic carbocycles. The smallest absolute Gasteiger partial charge is 0.249 e. The van der Waals surface area contributed by atoms with Crippen molar-refractivity contribution in [3.05, 3.63) is 35.6 Å². The first-order valence-electron chi connectivity index (χ1n) is 9.87. The lowest BCUT2D eigenvalue weighted by atomic mass is 10.1. The zero-order valence-corrected chi connectivity index (χ0v) is 17.5. The molecule has 29 heavy (non-hydrogen) atoms. The molecule has 0 unspecified atom stereocenters. The van der Waals surface area contributed by atoms with Crippen LogP contribution in [-0.4, -0.2) is 73.8 Å². The second kappa shape index (κ2) is 9.37. The third-order valence-corrected chi connectivity index (χ3v) is 5.22. The summed E-state index contributed by atoms with van der Waals surface area (Å²) in [5, 5.41) is 4.31. The Morgan fingerprint density at radius 2 is 1.90 bits per heavy atom. The molecule has 0 radical (unpaired) electrons. The number of anilines is 1. The zero-order chi connectivity index (χ0) is 21.0. The fourth-order valence-corrected chi connectivity index (χ4v) is 3.47. The molecule has 158 valence electrons. The van der Waals surface area contributed by atoms with Crippen molar-refractivity contribution in [3.63, 3.8) is 0 Å². The highest BCUT2D eigenvalue weighted by atomic mass is 19.1. The minimum atomic E-state index is -0.308. The predicted molar refractivity (Wildman–Crippen MR) is 109 cm³/mol. The van der Waals surface area contributed by atoms with Gasteiger partial charge in [-0.2, -0.15) is 0 Å². The summed E-state index contributed by atoms with van der Waals surface area (Å²) >= 11 is 0. The number of amides is 1. The number of hydrogen-bond donors (Lipinski definition) is 0. The second-order valence-corrected chi connectivity index (χ2v) is 7.66. The number of carbonyl (C=O) groups is 1. The van der Waals surface area contributed by atoms with Crippen LogP contribution >= 0.6 is 0 Å².